The molecule has 230 valence electrons. The Morgan fingerprint density at radius 3 is 2.09 bits per heavy atom. The number of ether oxygens (including phenoxy) is 2. The SMILES string of the molecule is COC(=O)c1cc(NC(=S)N2CCN(c3nc4c(c(=O)n(C)c(=O)n4C)n3Cc3ccc(Br)cc3)CC2)cc(C(=O)OC)c1. The summed E-state index contributed by atoms with van der Waals surface area (Å²) in [5, 5.41) is 3.52. The summed E-state index contributed by atoms with van der Waals surface area (Å²) in [6.45, 7) is 2.46. The summed E-state index contributed by atoms with van der Waals surface area (Å²) >= 11 is 9.14. The van der Waals surface area contributed by atoms with Crippen LogP contribution in [0.15, 0.2) is 56.5 Å². The van der Waals surface area contributed by atoms with Gasteiger partial charge in [0.1, 0.15) is 0 Å². The number of hydrogen-bond donors (Lipinski definition) is 1. The number of aryl methyl sites for hydroxylation is 1. The van der Waals surface area contributed by atoms with Crippen molar-refractivity contribution in [1.82, 2.24) is 23.6 Å². The summed E-state index contributed by atoms with van der Waals surface area (Å²) < 4.78 is 14.9. The minimum atomic E-state index is -0.600. The molecule has 4 aromatic rings. The molecule has 0 spiro atoms. The van der Waals surface area contributed by atoms with E-state index >= 15 is 0 Å². The molecule has 5 rings (SSSR count). The molecule has 15 heteroatoms. The van der Waals surface area contributed by atoms with Crippen LogP contribution in [0.25, 0.3) is 11.2 Å². The quantitative estimate of drug-likeness (QED) is 0.237. The molecule has 0 amide bonds. The topological polar surface area (TPSA) is 133 Å². The number of thiocarbonyl (C=S) groups is 1. The van der Waals surface area contributed by atoms with Crippen molar-refractivity contribution in [2.45, 2.75) is 6.54 Å². The third kappa shape index (κ3) is 5.97. The van der Waals surface area contributed by atoms with Gasteiger partial charge in [-0.05, 0) is 48.1 Å². The van der Waals surface area contributed by atoms with E-state index in [9.17, 15) is 19.2 Å². The summed E-state index contributed by atoms with van der Waals surface area (Å²) in [4.78, 5) is 59.2. The zero-order chi connectivity index (χ0) is 31.7. The Labute approximate surface area is 265 Å². The third-order valence-electron chi connectivity index (χ3n) is 7.46. The van der Waals surface area contributed by atoms with Gasteiger partial charge < -0.3 is 24.6 Å². The molecular weight excluding hydrogens is 654 g/mol. The van der Waals surface area contributed by atoms with Crippen LogP contribution >= 0.6 is 28.1 Å². The van der Waals surface area contributed by atoms with Crippen molar-refractivity contribution in [3.8, 4) is 0 Å². The number of methoxy groups -OCH3 is 2. The zero-order valence-electron chi connectivity index (χ0n) is 24.5. The molecular formula is C29H30BrN7O6S. The largest absolute Gasteiger partial charge is 0.465 e. The molecule has 3 heterocycles. The number of imidazole rings is 1. The van der Waals surface area contributed by atoms with Crippen LogP contribution in [0.3, 0.4) is 0 Å². The maximum Gasteiger partial charge on any atom is 0.337 e. The number of aromatic nitrogens is 4. The molecule has 0 unspecified atom stereocenters. The number of nitrogens with one attached hydrogen (secondary N) is 1. The van der Waals surface area contributed by atoms with Gasteiger partial charge >= 0.3 is 17.6 Å². The lowest BCUT2D eigenvalue weighted by atomic mass is 10.1. The van der Waals surface area contributed by atoms with Crippen LogP contribution in [-0.2, 0) is 30.1 Å². The Morgan fingerprint density at radius 1 is 0.932 bits per heavy atom. The predicted octanol–water partition coefficient (Wildman–Crippen LogP) is 2.34. The van der Waals surface area contributed by atoms with Crippen LogP contribution in [0.4, 0.5) is 11.6 Å². The number of piperazine rings is 1. The highest BCUT2D eigenvalue weighted by Gasteiger charge is 2.27. The number of anilines is 2. The van der Waals surface area contributed by atoms with Gasteiger partial charge in [0.15, 0.2) is 16.3 Å². The molecule has 2 aromatic carbocycles. The molecule has 1 N–H and O–H groups in total. The third-order valence-corrected chi connectivity index (χ3v) is 8.35. The summed E-state index contributed by atoms with van der Waals surface area (Å²) in [5.74, 6) is -0.623. The number of esters is 2. The van der Waals surface area contributed by atoms with Crippen LogP contribution < -0.4 is 21.5 Å². The van der Waals surface area contributed by atoms with Gasteiger partial charge in [-0.25, -0.2) is 14.4 Å². The fourth-order valence-corrected chi connectivity index (χ4v) is 5.65. The number of carbonyl (C=O) groups is 2. The molecule has 1 aliphatic rings. The van der Waals surface area contributed by atoms with Gasteiger partial charge in [-0.15, -0.1) is 0 Å². The van der Waals surface area contributed by atoms with Gasteiger partial charge in [-0.3, -0.25) is 18.5 Å². The number of rotatable bonds is 6. The Bertz CT molecular complexity index is 1860. The van der Waals surface area contributed by atoms with E-state index in [0.29, 0.717) is 60.6 Å². The van der Waals surface area contributed by atoms with E-state index in [0.717, 1.165) is 14.6 Å². The Hall–Kier alpha value is -4.50. The smallest absolute Gasteiger partial charge is 0.337 e. The number of hydrogen-bond acceptors (Lipinski definition) is 9. The van der Waals surface area contributed by atoms with Crippen molar-refractivity contribution in [3.05, 3.63) is 84.5 Å². The average Bonchev–Trinajstić information content (AvgIpc) is 3.41. The molecule has 1 fully saturated rings. The standard InChI is InChI=1S/C29H30BrN7O6S/c1-33-23-22(24(38)34(2)29(33)41)37(16-17-5-7-20(30)8-6-17)27(32-23)35-9-11-36(12-10-35)28(44)31-21-14-18(25(39)42-3)13-19(15-21)26(40)43-4/h5-8,13-15H,9-12,16H2,1-4H3,(H,31,44). The van der Waals surface area contributed by atoms with Crippen LogP contribution in [-0.4, -0.2) is 81.0 Å². The number of fused-ring (bicyclic) bond motifs is 1. The highest BCUT2D eigenvalue weighted by molar-refractivity contribution is 9.10. The first-order valence-electron chi connectivity index (χ1n) is 13.6. The Morgan fingerprint density at radius 2 is 1.52 bits per heavy atom. The van der Waals surface area contributed by atoms with Crippen molar-refractivity contribution >= 4 is 68.0 Å². The fraction of sp³-hybridized carbons (Fsp3) is 0.310. The van der Waals surface area contributed by atoms with Gasteiger partial charge in [-0.2, -0.15) is 4.98 Å². The molecule has 2 aromatic heterocycles. The molecule has 44 heavy (non-hydrogen) atoms. The second-order valence-electron chi connectivity index (χ2n) is 10.2. The van der Waals surface area contributed by atoms with Gasteiger partial charge in [0, 0.05) is 50.4 Å². The summed E-state index contributed by atoms with van der Waals surface area (Å²) in [5.41, 5.74) is 1.56. The van der Waals surface area contributed by atoms with E-state index in [1.54, 1.807) is 19.2 Å². The molecule has 0 aliphatic carbocycles. The highest BCUT2D eigenvalue weighted by atomic mass is 79.9. The van der Waals surface area contributed by atoms with Crippen molar-refractivity contribution in [2.75, 3.05) is 50.6 Å². The van der Waals surface area contributed by atoms with Crippen LogP contribution in [0.5, 0.6) is 0 Å². The fourth-order valence-electron chi connectivity index (χ4n) is 5.08. The summed E-state index contributed by atoms with van der Waals surface area (Å²) in [6, 6.07) is 12.3. The van der Waals surface area contributed by atoms with Crippen LogP contribution in [0.2, 0.25) is 0 Å². The lowest BCUT2D eigenvalue weighted by Crippen LogP contribution is -2.50. The van der Waals surface area contributed by atoms with E-state index < -0.39 is 23.2 Å². The van der Waals surface area contributed by atoms with Crippen LogP contribution in [0, 0.1) is 0 Å². The van der Waals surface area contributed by atoms with Gasteiger partial charge in [0.2, 0.25) is 5.95 Å². The monoisotopic (exact) mass is 683 g/mol. The average molecular weight is 685 g/mol. The van der Waals surface area contributed by atoms with E-state index in [4.69, 9.17) is 26.7 Å². The number of benzene rings is 2. The molecule has 0 radical (unpaired) electrons. The van der Waals surface area contributed by atoms with E-state index in [1.807, 2.05) is 33.7 Å². The van der Waals surface area contributed by atoms with E-state index in [2.05, 4.69) is 26.1 Å². The van der Waals surface area contributed by atoms with Crippen molar-refractivity contribution in [3.63, 3.8) is 0 Å². The second-order valence-corrected chi connectivity index (χ2v) is 11.5. The minimum absolute atomic E-state index is 0.177. The first-order chi connectivity index (χ1) is 21.0. The lowest BCUT2D eigenvalue weighted by molar-refractivity contribution is 0.0599. The van der Waals surface area contributed by atoms with Crippen LogP contribution in [0.1, 0.15) is 26.3 Å². The maximum absolute atomic E-state index is 13.3. The predicted molar refractivity (Wildman–Crippen MR) is 173 cm³/mol. The molecule has 0 atom stereocenters. The first-order valence-corrected chi connectivity index (χ1v) is 14.8. The van der Waals surface area contributed by atoms with E-state index in [1.165, 1.54) is 31.9 Å². The summed E-state index contributed by atoms with van der Waals surface area (Å²) in [6.07, 6.45) is 0. The maximum atomic E-state index is 13.3. The van der Waals surface area contributed by atoms with Gasteiger partial charge in [0.05, 0.1) is 31.9 Å². The lowest BCUT2D eigenvalue weighted by Gasteiger charge is -2.36. The number of carbonyl (C=O) groups excluding carboxylic acids is 2. The summed E-state index contributed by atoms with van der Waals surface area (Å²) in [7, 11) is 5.58. The molecule has 1 aliphatic heterocycles. The highest BCUT2D eigenvalue weighted by Crippen LogP contribution is 2.24. The molecule has 0 saturated carbocycles. The normalized spacial score (nSPS) is 13.2. The Balaban J connectivity index is 1.40. The van der Waals surface area contributed by atoms with Gasteiger partial charge in [-0.1, -0.05) is 28.1 Å². The zero-order valence-corrected chi connectivity index (χ0v) is 26.9. The minimum Gasteiger partial charge on any atom is -0.465 e. The van der Waals surface area contributed by atoms with Crippen molar-refractivity contribution in [2.24, 2.45) is 14.1 Å². The second kappa shape index (κ2) is 12.6. The molecule has 1 saturated heterocycles. The van der Waals surface area contributed by atoms with Crippen molar-refractivity contribution < 1.29 is 19.1 Å². The molecule has 0 bridgehead atoms. The number of nitrogens with zero attached hydrogens (tertiary/aromatic N) is 6. The molecule has 13 nitrogen and oxygen atoms in total. The van der Waals surface area contributed by atoms with Crippen molar-refractivity contribution in [1.29, 1.82) is 0 Å². The first kappa shape index (κ1) is 30.9. The number of halogens is 1. The van der Waals surface area contributed by atoms with Gasteiger partial charge in [0.25, 0.3) is 5.56 Å². The van der Waals surface area contributed by atoms with E-state index in [-0.39, 0.29) is 11.1 Å². The Kier molecular flexibility index (Phi) is 8.87.